The minimum Gasteiger partial charge on any atom is -0.490 e. The van der Waals surface area contributed by atoms with Crippen LogP contribution in [0.3, 0.4) is 0 Å². The summed E-state index contributed by atoms with van der Waals surface area (Å²) in [6.45, 7) is 5.55. The normalized spacial score (nSPS) is 23.4. The van der Waals surface area contributed by atoms with Crippen molar-refractivity contribution in [3.63, 3.8) is 0 Å². The average Bonchev–Trinajstić information content (AvgIpc) is 3.17. The van der Waals surface area contributed by atoms with E-state index in [9.17, 15) is 13.2 Å². The summed E-state index contributed by atoms with van der Waals surface area (Å²) < 4.78 is 30.4. The second-order valence-corrected chi connectivity index (χ2v) is 12.0. The number of carbonyl (C=O) groups is 1. The summed E-state index contributed by atoms with van der Waals surface area (Å²) in [7, 11) is -3.00. The van der Waals surface area contributed by atoms with E-state index >= 15 is 0 Å². The fraction of sp³-hybridized carbons (Fsp3) is 0.708. The Balaban J connectivity index is 1.50. The molecule has 1 aromatic carbocycles. The molecule has 0 saturated heterocycles. The number of benzene rings is 1. The smallest absolute Gasteiger partial charge is 0.152 e. The van der Waals surface area contributed by atoms with Crippen molar-refractivity contribution in [2.45, 2.75) is 89.9 Å². The van der Waals surface area contributed by atoms with Crippen LogP contribution < -0.4 is 4.74 Å². The summed E-state index contributed by atoms with van der Waals surface area (Å²) in [6, 6.07) is 6.11. The first-order chi connectivity index (χ1) is 13.7. The molecule has 3 rings (SSSR count). The molecule has 0 N–H and O–H groups in total. The fourth-order valence-corrected chi connectivity index (χ4v) is 6.02. The number of ketones is 1. The third kappa shape index (κ3) is 6.07. The first-order valence-electron chi connectivity index (χ1n) is 11.2. The number of hydrogen-bond donors (Lipinski definition) is 0. The Bertz CT molecular complexity index is 798. The number of Topliss-reactive ketones (excluding diaryl/α,β-unsaturated/α-hetero) is 1. The largest absolute Gasteiger partial charge is 0.490 e. The molecule has 0 atom stereocenters. The van der Waals surface area contributed by atoms with E-state index in [1.54, 1.807) is 13.8 Å². The Morgan fingerprint density at radius 3 is 2.31 bits per heavy atom. The second kappa shape index (κ2) is 9.63. The van der Waals surface area contributed by atoms with Crippen molar-refractivity contribution < 1.29 is 17.9 Å². The summed E-state index contributed by atoms with van der Waals surface area (Å²) in [5, 5.41) is -0.314. The van der Waals surface area contributed by atoms with Gasteiger partial charge in [-0.25, -0.2) is 8.42 Å². The molecule has 29 heavy (non-hydrogen) atoms. The highest BCUT2D eigenvalue weighted by Gasteiger charge is 2.30. The highest BCUT2D eigenvalue weighted by Crippen LogP contribution is 2.32. The molecule has 1 aromatic rings. The zero-order valence-corrected chi connectivity index (χ0v) is 19.0. The van der Waals surface area contributed by atoms with Crippen molar-refractivity contribution in [2.24, 2.45) is 11.8 Å². The predicted octanol–water partition coefficient (Wildman–Crippen LogP) is 5.06. The Morgan fingerprint density at radius 1 is 1.07 bits per heavy atom. The fourth-order valence-electron chi connectivity index (χ4n) is 4.64. The molecule has 0 radical (unpaired) electrons. The van der Waals surface area contributed by atoms with Crippen LogP contribution in [-0.4, -0.2) is 31.3 Å². The molecule has 0 bridgehead atoms. The lowest BCUT2D eigenvalue weighted by molar-refractivity contribution is -0.123. The van der Waals surface area contributed by atoms with Gasteiger partial charge in [0.25, 0.3) is 0 Å². The molecule has 0 heterocycles. The number of hydrogen-bond acceptors (Lipinski definition) is 4. The molecular formula is C24H36O4S. The number of aryl methyl sites for hydroxylation is 1. The van der Waals surface area contributed by atoms with Gasteiger partial charge in [0.05, 0.1) is 17.1 Å². The Morgan fingerprint density at radius 2 is 1.72 bits per heavy atom. The van der Waals surface area contributed by atoms with Crippen LogP contribution in [0.2, 0.25) is 0 Å². The molecule has 2 aliphatic rings. The molecule has 4 nitrogen and oxygen atoms in total. The summed E-state index contributed by atoms with van der Waals surface area (Å²) in [5.41, 5.74) is 2.20. The molecule has 2 fully saturated rings. The standard InChI is InChI=1S/C24H36O4S/c1-17(2)29(26,27)16-19-8-10-20(11-9-19)24(25)15-21-12-13-23(14-18(21)3)28-22-6-4-5-7-22/h12-14,17,19-20,22H,4-11,15-16H2,1-3H3. The zero-order chi connectivity index (χ0) is 21.0. The lowest BCUT2D eigenvalue weighted by Gasteiger charge is -2.28. The Labute approximate surface area is 176 Å². The maximum absolute atomic E-state index is 12.8. The van der Waals surface area contributed by atoms with Crippen LogP contribution in [0.1, 0.15) is 76.3 Å². The number of carbonyl (C=O) groups excluding carboxylic acids is 1. The molecule has 0 aliphatic heterocycles. The van der Waals surface area contributed by atoms with Crippen molar-refractivity contribution >= 4 is 15.6 Å². The van der Waals surface area contributed by atoms with Crippen LogP contribution in [-0.2, 0) is 21.1 Å². The van der Waals surface area contributed by atoms with Crippen LogP contribution in [0.4, 0.5) is 0 Å². The summed E-state index contributed by atoms with van der Waals surface area (Å²) in [6.07, 6.45) is 8.92. The number of rotatable bonds is 8. The lowest BCUT2D eigenvalue weighted by Crippen LogP contribution is -2.29. The van der Waals surface area contributed by atoms with Crippen molar-refractivity contribution in [1.29, 1.82) is 0 Å². The predicted molar refractivity (Wildman–Crippen MR) is 117 cm³/mol. The monoisotopic (exact) mass is 420 g/mol. The molecule has 162 valence electrons. The van der Waals surface area contributed by atoms with E-state index in [-0.39, 0.29) is 22.8 Å². The van der Waals surface area contributed by atoms with Gasteiger partial charge in [-0.1, -0.05) is 6.07 Å². The van der Waals surface area contributed by atoms with Gasteiger partial charge in [0.15, 0.2) is 9.84 Å². The van der Waals surface area contributed by atoms with Gasteiger partial charge in [0, 0.05) is 12.3 Å². The van der Waals surface area contributed by atoms with E-state index < -0.39 is 9.84 Å². The van der Waals surface area contributed by atoms with Gasteiger partial charge in [-0.3, -0.25) is 4.79 Å². The van der Waals surface area contributed by atoms with Crippen molar-refractivity contribution in [1.82, 2.24) is 0 Å². The molecule has 2 saturated carbocycles. The van der Waals surface area contributed by atoms with Crippen molar-refractivity contribution in [3.05, 3.63) is 29.3 Å². The van der Waals surface area contributed by atoms with Gasteiger partial charge in [-0.05, 0) is 101 Å². The van der Waals surface area contributed by atoms with Crippen molar-refractivity contribution in [3.8, 4) is 5.75 Å². The highest BCUT2D eigenvalue weighted by molar-refractivity contribution is 7.91. The molecule has 0 amide bonds. The van der Waals surface area contributed by atoms with Crippen LogP contribution in [0.5, 0.6) is 5.75 Å². The molecule has 2 aliphatic carbocycles. The lowest BCUT2D eigenvalue weighted by atomic mass is 9.79. The third-order valence-electron chi connectivity index (χ3n) is 6.77. The maximum atomic E-state index is 12.8. The van der Waals surface area contributed by atoms with Crippen LogP contribution >= 0.6 is 0 Å². The second-order valence-electron chi connectivity index (χ2n) is 9.35. The number of ether oxygens (including phenoxy) is 1. The van der Waals surface area contributed by atoms with Gasteiger partial charge >= 0.3 is 0 Å². The van der Waals surface area contributed by atoms with Gasteiger partial charge in [-0.2, -0.15) is 0 Å². The van der Waals surface area contributed by atoms with Gasteiger partial charge < -0.3 is 4.74 Å². The van der Waals surface area contributed by atoms with E-state index in [0.717, 1.165) is 55.4 Å². The van der Waals surface area contributed by atoms with Gasteiger partial charge in [0.1, 0.15) is 11.5 Å². The van der Waals surface area contributed by atoms with Crippen molar-refractivity contribution in [2.75, 3.05) is 5.75 Å². The van der Waals surface area contributed by atoms with Crippen LogP contribution in [0.15, 0.2) is 18.2 Å². The first-order valence-corrected chi connectivity index (χ1v) is 13.0. The van der Waals surface area contributed by atoms with E-state index in [0.29, 0.717) is 18.3 Å². The molecular weight excluding hydrogens is 384 g/mol. The van der Waals surface area contributed by atoms with E-state index in [4.69, 9.17) is 4.74 Å². The summed E-state index contributed by atoms with van der Waals surface area (Å²) in [4.78, 5) is 12.8. The van der Waals surface area contributed by atoms with E-state index in [2.05, 4.69) is 13.0 Å². The number of sulfone groups is 1. The van der Waals surface area contributed by atoms with Gasteiger partial charge in [-0.15, -0.1) is 0 Å². The van der Waals surface area contributed by atoms with E-state index in [1.807, 2.05) is 12.1 Å². The highest BCUT2D eigenvalue weighted by atomic mass is 32.2. The minimum absolute atomic E-state index is 0.0711. The van der Waals surface area contributed by atoms with E-state index in [1.165, 1.54) is 12.8 Å². The van der Waals surface area contributed by atoms with Crippen LogP contribution in [0.25, 0.3) is 0 Å². The molecule has 0 aromatic heterocycles. The maximum Gasteiger partial charge on any atom is 0.152 e. The quantitative estimate of drug-likeness (QED) is 0.590. The minimum atomic E-state index is -3.00. The Kier molecular flexibility index (Phi) is 7.42. The summed E-state index contributed by atoms with van der Waals surface area (Å²) in [5.74, 6) is 1.76. The Hall–Kier alpha value is -1.36. The summed E-state index contributed by atoms with van der Waals surface area (Å²) >= 11 is 0. The van der Waals surface area contributed by atoms with Gasteiger partial charge in [0.2, 0.25) is 0 Å². The zero-order valence-electron chi connectivity index (χ0n) is 18.2. The molecule has 0 spiro atoms. The average molecular weight is 421 g/mol. The third-order valence-corrected chi connectivity index (χ3v) is 9.14. The topological polar surface area (TPSA) is 60.4 Å². The SMILES string of the molecule is Cc1cc(OC2CCCC2)ccc1CC(=O)C1CCC(CS(=O)(=O)C(C)C)CC1. The first kappa shape index (κ1) is 22.3. The van der Waals surface area contributed by atoms with Crippen LogP contribution in [0, 0.1) is 18.8 Å². The molecule has 5 heteroatoms. The molecule has 0 unspecified atom stereocenters.